The van der Waals surface area contributed by atoms with Crippen molar-refractivity contribution in [1.29, 1.82) is 0 Å². The van der Waals surface area contributed by atoms with Crippen molar-refractivity contribution in [3.8, 4) is 0 Å². The lowest BCUT2D eigenvalue weighted by Gasteiger charge is -2.29. The number of carbonyl (C=O) groups excluding carboxylic acids is 1. The van der Waals surface area contributed by atoms with Crippen LogP contribution in [0, 0.1) is 5.92 Å². The van der Waals surface area contributed by atoms with E-state index in [9.17, 15) is 14.7 Å². The summed E-state index contributed by atoms with van der Waals surface area (Å²) in [5.74, 6) is -0.853. The molecular formula is C15H24N2O3. The van der Waals surface area contributed by atoms with Crippen LogP contribution in [0.4, 0.5) is 4.79 Å². The average Bonchev–Trinajstić information content (AvgIpc) is 2.46. The Kier molecular flexibility index (Phi) is 5.44. The second kappa shape index (κ2) is 7.31. The Morgan fingerprint density at radius 2 is 1.85 bits per heavy atom. The standard InChI is InChI=1S/C15H24N2O3/c18-14(19)13(11-7-3-1-4-8-11)17-15(20)16-12-9-5-2-6-10-12/h2,5,11-13H,1,3-4,6-10H2,(H,18,19)(H2,16,17,20). The highest BCUT2D eigenvalue weighted by atomic mass is 16.4. The number of urea groups is 1. The molecule has 5 nitrogen and oxygen atoms in total. The number of carboxylic acids is 1. The van der Waals surface area contributed by atoms with Crippen molar-refractivity contribution >= 4 is 12.0 Å². The molecule has 0 aromatic carbocycles. The minimum atomic E-state index is -0.921. The predicted octanol–water partition coefficient (Wildman–Crippen LogP) is 2.43. The van der Waals surface area contributed by atoms with Gasteiger partial charge in [-0.15, -0.1) is 0 Å². The number of carboxylic acid groups (broad SMARTS) is 1. The predicted molar refractivity (Wildman–Crippen MR) is 76.4 cm³/mol. The zero-order valence-corrected chi connectivity index (χ0v) is 11.8. The van der Waals surface area contributed by atoms with Gasteiger partial charge >= 0.3 is 12.0 Å². The van der Waals surface area contributed by atoms with E-state index in [-0.39, 0.29) is 18.0 Å². The van der Waals surface area contributed by atoms with Gasteiger partial charge in [-0.3, -0.25) is 0 Å². The van der Waals surface area contributed by atoms with E-state index in [1.807, 2.05) is 0 Å². The third-order valence-corrected chi connectivity index (χ3v) is 4.28. The minimum Gasteiger partial charge on any atom is -0.480 e. The van der Waals surface area contributed by atoms with E-state index >= 15 is 0 Å². The molecule has 20 heavy (non-hydrogen) atoms. The monoisotopic (exact) mass is 280 g/mol. The van der Waals surface area contributed by atoms with Gasteiger partial charge in [-0.2, -0.15) is 0 Å². The van der Waals surface area contributed by atoms with Crippen LogP contribution in [-0.4, -0.2) is 29.2 Å². The molecular weight excluding hydrogens is 256 g/mol. The molecule has 2 aliphatic rings. The van der Waals surface area contributed by atoms with Crippen molar-refractivity contribution in [3.05, 3.63) is 12.2 Å². The van der Waals surface area contributed by atoms with Crippen LogP contribution in [0.15, 0.2) is 12.2 Å². The fourth-order valence-corrected chi connectivity index (χ4v) is 3.14. The molecule has 0 saturated heterocycles. The minimum absolute atomic E-state index is 0.0678. The summed E-state index contributed by atoms with van der Waals surface area (Å²) in [6, 6.07) is -0.974. The molecule has 2 rings (SSSR count). The lowest BCUT2D eigenvalue weighted by atomic mass is 9.84. The molecule has 0 aromatic heterocycles. The van der Waals surface area contributed by atoms with Crippen LogP contribution in [-0.2, 0) is 4.79 Å². The summed E-state index contributed by atoms with van der Waals surface area (Å²) in [4.78, 5) is 23.3. The van der Waals surface area contributed by atoms with Crippen molar-refractivity contribution in [1.82, 2.24) is 10.6 Å². The summed E-state index contributed by atoms with van der Waals surface area (Å²) < 4.78 is 0. The van der Waals surface area contributed by atoms with Crippen molar-refractivity contribution < 1.29 is 14.7 Å². The van der Waals surface area contributed by atoms with Crippen LogP contribution in [0.1, 0.15) is 51.4 Å². The van der Waals surface area contributed by atoms with Crippen molar-refractivity contribution in [2.75, 3.05) is 0 Å². The van der Waals surface area contributed by atoms with E-state index in [1.54, 1.807) is 0 Å². The van der Waals surface area contributed by atoms with Gasteiger partial charge in [0.25, 0.3) is 0 Å². The highest BCUT2D eigenvalue weighted by molar-refractivity contribution is 5.82. The molecule has 0 radical (unpaired) electrons. The Morgan fingerprint density at radius 1 is 1.10 bits per heavy atom. The first kappa shape index (κ1) is 14.9. The second-order valence-electron chi connectivity index (χ2n) is 5.81. The third kappa shape index (κ3) is 4.25. The lowest BCUT2D eigenvalue weighted by molar-refractivity contribution is -0.141. The number of allylic oxidation sites excluding steroid dienone is 1. The number of aliphatic carboxylic acids is 1. The highest BCUT2D eigenvalue weighted by Gasteiger charge is 2.31. The SMILES string of the molecule is O=C(NC1CC=CCC1)NC(C(=O)O)C1CCCCC1. The Morgan fingerprint density at radius 3 is 2.45 bits per heavy atom. The Labute approximate surface area is 119 Å². The topological polar surface area (TPSA) is 78.4 Å². The zero-order valence-electron chi connectivity index (χ0n) is 11.8. The Balaban J connectivity index is 1.85. The molecule has 2 amide bonds. The molecule has 2 atom stereocenters. The van der Waals surface area contributed by atoms with E-state index < -0.39 is 12.0 Å². The summed E-state index contributed by atoms with van der Waals surface area (Å²) >= 11 is 0. The van der Waals surface area contributed by atoms with Gasteiger partial charge in [0.2, 0.25) is 0 Å². The van der Waals surface area contributed by atoms with Crippen molar-refractivity contribution in [2.45, 2.75) is 63.5 Å². The van der Waals surface area contributed by atoms with E-state index in [0.29, 0.717) is 0 Å². The van der Waals surface area contributed by atoms with Gasteiger partial charge in [-0.25, -0.2) is 9.59 Å². The Bertz CT molecular complexity index is 375. The van der Waals surface area contributed by atoms with Gasteiger partial charge < -0.3 is 15.7 Å². The van der Waals surface area contributed by atoms with E-state index in [2.05, 4.69) is 22.8 Å². The van der Waals surface area contributed by atoms with Crippen LogP contribution in [0.2, 0.25) is 0 Å². The van der Waals surface area contributed by atoms with Crippen LogP contribution >= 0.6 is 0 Å². The molecule has 1 fully saturated rings. The highest BCUT2D eigenvalue weighted by Crippen LogP contribution is 2.26. The zero-order chi connectivity index (χ0) is 14.4. The molecule has 3 N–H and O–H groups in total. The maximum atomic E-state index is 12.0. The smallest absolute Gasteiger partial charge is 0.326 e. The third-order valence-electron chi connectivity index (χ3n) is 4.28. The van der Waals surface area contributed by atoms with Gasteiger partial charge in [-0.1, -0.05) is 31.4 Å². The molecule has 0 heterocycles. The molecule has 5 heteroatoms. The van der Waals surface area contributed by atoms with Crippen molar-refractivity contribution in [3.63, 3.8) is 0 Å². The number of hydrogen-bond donors (Lipinski definition) is 3. The van der Waals surface area contributed by atoms with Gasteiger partial charge in [0, 0.05) is 6.04 Å². The number of nitrogens with one attached hydrogen (secondary N) is 2. The van der Waals surface area contributed by atoms with Gasteiger partial charge in [0.1, 0.15) is 6.04 Å². The second-order valence-corrected chi connectivity index (χ2v) is 5.81. The van der Waals surface area contributed by atoms with E-state index in [1.165, 1.54) is 6.42 Å². The first-order chi connectivity index (χ1) is 9.66. The number of amides is 2. The van der Waals surface area contributed by atoms with E-state index in [4.69, 9.17) is 0 Å². The molecule has 0 spiro atoms. The lowest BCUT2D eigenvalue weighted by Crippen LogP contribution is -2.52. The molecule has 112 valence electrons. The van der Waals surface area contributed by atoms with Crippen LogP contribution in [0.5, 0.6) is 0 Å². The van der Waals surface area contributed by atoms with Crippen molar-refractivity contribution in [2.24, 2.45) is 5.92 Å². The maximum absolute atomic E-state index is 12.0. The maximum Gasteiger partial charge on any atom is 0.326 e. The van der Waals surface area contributed by atoms with Crippen LogP contribution in [0.25, 0.3) is 0 Å². The molecule has 0 aliphatic heterocycles. The quantitative estimate of drug-likeness (QED) is 0.692. The summed E-state index contributed by atoms with van der Waals surface area (Å²) in [6.45, 7) is 0. The molecule has 1 saturated carbocycles. The van der Waals surface area contributed by atoms with Crippen LogP contribution in [0.3, 0.4) is 0 Å². The molecule has 0 aromatic rings. The summed E-state index contributed by atoms with van der Waals surface area (Å²) in [7, 11) is 0. The fourth-order valence-electron chi connectivity index (χ4n) is 3.14. The van der Waals surface area contributed by atoms with Crippen LogP contribution < -0.4 is 10.6 Å². The normalized spacial score (nSPS) is 24.9. The van der Waals surface area contributed by atoms with Gasteiger partial charge in [0.05, 0.1) is 0 Å². The largest absolute Gasteiger partial charge is 0.480 e. The molecule has 2 aliphatic carbocycles. The Hall–Kier alpha value is -1.52. The average molecular weight is 280 g/mol. The summed E-state index contributed by atoms with van der Waals surface area (Å²) in [6.07, 6.45) is 12.0. The molecule has 0 bridgehead atoms. The summed E-state index contributed by atoms with van der Waals surface area (Å²) in [5, 5.41) is 14.9. The number of hydrogen-bond acceptors (Lipinski definition) is 2. The number of carbonyl (C=O) groups is 2. The van der Waals surface area contributed by atoms with Gasteiger partial charge in [0.15, 0.2) is 0 Å². The number of rotatable bonds is 4. The molecule has 2 unspecified atom stereocenters. The van der Waals surface area contributed by atoms with E-state index in [0.717, 1.165) is 44.9 Å². The first-order valence-corrected chi connectivity index (χ1v) is 7.61. The summed E-state index contributed by atoms with van der Waals surface area (Å²) in [5.41, 5.74) is 0. The van der Waals surface area contributed by atoms with Gasteiger partial charge in [-0.05, 0) is 38.0 Å². The first-order valence-electron chi connectivity index (χ1n) is 7.61. The fraction of sp³-hybridized carbons (Fsp3) is 0.733.